The molecule has 5 aromatic rings. The van der Waals surface area contributed by atoms with Gasteiger partial charge in [0, 0.05) is 23.3 Å². The van der Waals surface area contributed by atoms with Crippen molar-refractivity contribution >= 4 is 22.5 Å². The van der Waals surface area contributed by atoms with E-state index in [0.717, 1.165) is 28.7 Å². The van der Waals surface area contributed by atoms with Crippen molar-refractivity contribution in [2.75, 3.05) is 4.90 Å². The molecule has 1 amide bonds. The van der Waals surface area contributed by atoms with E-state index in [0.29, 0.717) is 23.7 Å². The van der Waals surface area contributed by atoms with Crippen LogP contribution >= 0.6 is 0 Å². The molecule has 0 aliphatic heterocycles. The number of nitrogens with zero attached hydrogens (tertiary/aromatic N) is 3. The molecule has 0 saturated heterocycles. The average molecular weight is 496 g/mol. The molecule has 0 N–H and O–H groups in total. The van der Waals surface area contributed by atoms with Crippen LogP contribution in [-0.4, -0.2) is 15.9 Å². The minimum absolute atomic E-state index is 0.125. The van der Waals surface area contributed by atoms with Crippen LogP contribution in [0.1, 0.15) is 17.0 Å². The average Bonchev–Trinajstić information content (AvgIpc) is 2.93. The standard InChI is InChI=1S/C30H23F2N3O2/c31-23-10-8-22(28(32)18-23)17-30(36)35(19-24-6-3-4-16-33-24)26-12-14-27(15-13-26)37-20-25-11-9-21-5-1-2-7-29(21)34-25/h1-16,18H,17,19-20H2. The summed E-state index contributed by atoms with van der Waals surface area (Å²) in [5.41, 5.74) is 3.11. The maximum Gasteiger partial charge on any atom is 0.231 e. The Kier molecular flexibility index (Phi) is 7.12. The maximum atomic E-state index is 14.2. The molecule has 2 heterocycles. The highest BCUT2D eigenvalue weighted by Gasteiger charge is 2.19. The highest BCUT2D eigenvalue weighted by atomic mass is 19.1. The van der Waals surface area contributed by atoms with Crippen LogP contribution in [0.2, 0.25) is 0 Å². The van der Waals surface area contributed by atoms with Gasteiger partial charge in [-0.05, 0) is 60.2 Å². The maximum absolute atomic E-state index is 14.2. The highest BCUT2D eigenvalue weighted by molar-refractivity contribution is 5.94. The molecule has 0 spiro atoms. The Morgan fingerprint density at radius 3 is 2.43 bits per heavy atom. The monoisotopic (exact) mass is 495 g/mol. The fourth-order valence-corrected chi connectivity index (χ4v) is 3.97. The van der Waals surface area contributed by atoms with E-state index in [1.54, 1.807) is 36.5 Å². The van der Waals surface area contributed by atoms with Crippen LogP contribution in [0.5, 0.6) is 5.75 Å². The molecule has 5 rings (SSSR count). The summed E-state index contributed by atoms with van der Waals surface area (Å²) in [6.07, 6.45) is 1.43. The van der Waals surface area contributed by atoms with Gasteiger partial charge in [0.2, 0.25) is 5.91 Å². The largest absolute Gasteiger partial charge is 0.487 e. The van der Waals surface area contributed by atoms with Gasteiger partial charge >= 0.3 is 0 Å². The molecule has 3 aromatic carbocycles. The van der Waals surface area contributed by atoms with Crippen LogP contribution in [0, 0.1) is 11.6 Å². The van der Waals surface area contributed by atoms with Gasteiger partial charge in [-0.1, -0.05) is 36.4 Å². The summed E-state index contributed by atoms with van der Waals surface area (Å²) in [6.45, 7) is 0.494. The van der Waals surface area contributed by atoms with E-state index in [-0.39, 0.29) is 24.4 Å². The second-order valence-electron chi connectivity index (χ2n) is 8.49. The van der Waals surface area contributed by atoms with Gasteiger partial charge in [0.1, 0.15) is 24.0 Å². The van der Waals surface area contributed by atoms with E-state index in [1.807, 2.05) is 48.5 Å². The van der Waals surface area contributed by atoms with Gasteiger partial charge in [-0.15, -0.1) is 0 Å². The van der Waals surface area contributed by atoms with Gasteiger partial charge in [-0.3, -0.25) is 9.78 Å². The number of carbonyl (C=O) groups excluding carboxylic acids is 1. The van der Waals surface area contributed by atoms with Crippen molar-refractivity contribution in [3.63, 3.8) is 0 Å². The van der Waals surface area contributed by atoms with Crippen LogP contribution in [0.15, 0.2) is 103 Å². The molecule has 0 aliphatic carbocycles. The lowest BCUT2D eigenvalue weighted by Gasteiger charge is -2.23. The molecule has 0 saturated carbocycles. The number of aromatic nitrogens is 2. The number of hydrogen-bond acceptors (Lipinski definition) is 4. The van der Waals surface area contributed by atoms with Crippen LogP contribution in [0.4, 0.5) is 14.5 Å². The Morgan fingerprint density at radius 2 is 1.65 bits per heavy atom. The Labute approximate surface area is 213 Å². The Morgan fingerprint density at radius 1 is 0.838 bits per heavy atom. The quantitative estimate of drug-likeness (QED) is 0.255. The molecule has 0 bridgehead atoms. The van der Waals surface area contributed by atoms with Crippen LogP contribution < -0.4 is 9.64 Å². The van der Waals surface area contributed by atoms with Crippen LogP contribution in [-0.2, 0) is 24.4 Å². The smallest absolute Gasteiger partial charge is 0.231 e. The van der Waals surface area contributed by atoms with Crippen LogP contribution in [0.3, 0.4) is 0 Å². The lowest BCUT2D eigenvalue weighted by Crippen LogP contribution is -2.32. The number of carbonyl (C=O) groups is 1. The molecule has 0 atom stereocenters. The summed E-state index contributed by atoms with van der Waals surface area (Å²) in [7, 11) is 0. The third kappa shape index (κ3) is 5.95. The summed E-state index contributed by atoms with van der Waals surface area (Å²) in [4.78, 5) is 23.7. The zero-order valence-electron chi connectivity index (χ0n) is 19.9. The Balaban J connectivity index is 1.32. The molecule has 184 valence electrons. The molecular weight excluding hydrogens is 472 g/mol. The minimum Gasteiger partial charge on any atom is -0.487 e. The predicted molar refractivity (Wildman–Crippen MR) is 138 cm³/mol. The number of amides is 1. The fraction of sp³-hybridized carbons (Fsp3) is 0.100. The zero-order valence-corrected chi connectivity index (χ0v) is 19.9. The minimum atomic E-state index is -0.753. The first kappa shape index (κ1) is 24.1. The summed E-state index contributed by atoms with van der Waals surface area (Å²) in [5.74, 6) is -1.16. The molecular formula is C30H23F2N3O2. The van der Waals surface area contributed by atoms with Crippen molar-refractivity contribution in [1.82, 2.24) is 9.97 Å². The lowest BCUT2D eigenvalue weighted by atomic mass is 10.1. The third-order valence-corrected chi connectivity index (χ3v) is 5.90. The predicted octanol–water partition coefficient (Wildman–Crippen LogP) is 6.26. The van der Waals surface area contributed by atoms with Gasteiger partial charge in [0.05, 0.1) is 29.9 Å². The van der Waals surface area contributed by atoms with Gasteiger partial charge in [-0.25, -0.2) is 13.8 Å². The molecule has 0 aliphatic rings. The summed E-state index contributed by atoms with van der Waals surface area (Å²) < 4.78 is 33.5. The normalized spacial score (nSPS) is 10.9. The van der Waals surface area contributed by atoms with Gasteiger partial charge in [-0.2, -0.15) is 0 Å². The molecule has 0 radical (unpaired) electrons. The number of halogens is 2. The first-order chi connectivity index (χ1) is 18.0. The number of fused-ring (bicyclic) bond motifs is 1. The van der Waals surface area contributed by atoms with Crippen molar-refractivity contribution in [3.8, 4) is 5.75 Å². The van der Waals surface area contributed by atoms with E-state index < -0.39 is 11.6 Å². The summed E-state index contributed by atoms with van der Waals surface area (Å²) >= 11 is 0. The van der Waals surface area contributed by atoms with E-state index in [4.69, 9.17) is 4.74 Å². The molecule has 5 nitrogen and oxygen atoms in total. The number of hydrogen-bond donors (Lipinski definition) is 0. The SMILES string of the molecule is O=C(Cc1ccc(F)cc1F)N(Cc1ccccn1)c1ccc(OCc2ccc3ccccc3n2)cc1. The van der Waals surface area contributed by atoms with Gasteiger partial charge in [0.15, 0.2) is 0 Å². The number of para-hydroxylation sites is 1. The van der Waals surface area contributed by atoms with Crippen molar-refractivity contribution in [2.45, 2.75) is 19.6 Å². The van der Waals surface area contributed by atoms with Crippen molar-refractivity contribution < 1.29 is 18.3 Å². The van der Waals surface area contributed by atoms with Crippen molar-refractivity contribution in [2.24, 2.45) is 0 Å². The molecule has 0 fully saturated rings. The fourth-order valence-electron chi connectivity index (χ4n) is 3.97. The zero-order chi connectivity index (χ0) is 25.6. The van der Waals surface area contributed by atoms with E-state index in [1.165, 1.54) is 11.0 Å². The molecule has 0 unspecified atom stereocenters. The van der Waals surface area contributed by atoms with Crippen LogP contribution in [0.25, 0.3) is 10.9 Å². The first-order valence-corrected chi connectivity index (χ1v) is 11.8. The van der Waals surface area contributed by atoms with Gasteiger partial charge < -0.3 is 9.64 Å². The molecule has 37 heavy (non-hydrogen) atoms. The van der Waals surface area contributed by atoms with E-state index >= 15 is 0 Å². The number of pyridine rings is 2. The van der Waals surface area contributed by atoms with Crippen molar-refractivity contribution in [1.29, 1.82) is 0 Å². The second-order valence-corrected chi connectivity index (χ2v) is 8.49. The Hall–Kier alpha value is -4.65. The lowest BCUT2D eigenvalue weighted by molar-refractivity contribution is -0.118. The molecule has 7 heteroatoms. The van der Waals surface area contributed by atoms with E-state index in [9.17, 15) is 13.6 Å². The first-order valence-electron chi connectivity index (χ1n) is 11.8. The van der Waals surface area contributed by atoms with Crippen molar-refractivity contribution in [3.05, 3.63) is 132 Å². The number of anilines is 1. The topological polar surface area (TPSA) is 55.3 Å². The second kappa shape index (κ2) is 11.0. The summed E-state index contributed by atoms with van der Waals surface area (Å²) in [5, 5.41) is 1.06. The Bertz CT molecular complexity index is 1530. The third-order valence-electron chi connectivity index (χ3n) is 5.90. The number of rotatable bonds is 8. The van der Waals surface area contributed by atoms with E-state index in [2.05, 4.69) is 9.97 Å². The highest BCUT2D eigenvalue weighted by Crippen LogP contribution is 2.24. The number of ether oxygens (including phenoxy) is 1. The summed E-state index contributed by atoms with van der Waals surface area (Å²) in [6, 6.07) is 27.6. The number of benzene rings is 3. The van der Waals surface area contributed by atoms with Gasteiger partial charge in [0.25, 0.3) is 0 Å². The molecule has 2 aromatic heterocycles.